The van der Waals surface area contributed by atoms with E-state index in [2.05, 4.69) is 5.32 Å². The largest absolute Gasteiger partial charge is 0.496 e. The number of carbonyl (C=O) groups excluding carboxylic acids is 2. The number of rotatable bonds is 8. The van der Waals surface area contributed by atoms with E-state index in [9.17, 15) is 9.59 Å². The Labute approximate surface area is 173 Å². The second-order valence-electron chi connectivity index (χ2n) is 6.23. The molecule has 9 heteroatoms. The molecule has 9 nitrogen and oxygen atoms in total. The first-order valence-electron chi connectivity index (χ1n) is 9.18. The van der Waals surface area contributed by atoms with Crippen LogP contribution < -0.4 is 29.0 Å². The first-order chi connectivity index (χ1) is 14.5. The topological polar surface area (TPSA) is 102 Å². The number of ether oxygens (including phenoxy) is 6. The van der Waals surface area contributed by atoms with Gasteiger partial charge in [0.25, 0.3) is 5.91 Å². The van der Waals surface area contributed by atoms with Gasteiger partial charge in [0.2, 0.25) is 0 Å². The fraction of sp³-hybridized carbons (Fsp3) is 0.333. The summed E-state index contributed by atoms with van der Waals surface area (Å²) in [6.45, 7) is 0.599. The van der Waals surface area contributed by atoms with Crippen molar-refractivity contribution < 1.29 is 38.0 Å². The standard InChI is InChI=1S/C21H23NO8/c1-25-16-10-18(27-3)17(26-2)9-14(16)11-22-20(23)12-30-21(24)13-4-5-15-19(8-13)29-7-6-28-15/h4-5,8-10H,6-7,11-12H2,1-3H3,(H,22,23). The number of nitrogens with one attached hydrogen (secondary N) is 1. The maximum Gasteiger partial charge on any atom is 0.338 e. The van der Waals surface area contributed by atoms with Crippen molar-refractivity contribution in [3.63, 3.8) is 0 Å². The maximum atomic E-state index is 12.2. The molecule has 0 fully saturated rings. The molecule has 1 heterocycles. The van der Waals surface area contributed by atoms with E-state index in [1.54, 1.807) is 24.3 Å². The van der Waals surface area contributed by atoms with E-state index in [4.69, 9.17) is 28.4 Å². The fourth-order valence-electron chi connectivity index (χ4n) is 2.86. The average Bonchev–Trinajstić information content (AvgIpc) is 2.80. The number of amides is 1. The Balaban J connectivity index is 1.55. The van der Waals surface area contributed by atoms with Crippen molar-refractivity contribution in [3.05, 3.63) is 41.5 Å². The molecule has 0 saturated carbocycles. The lowest BCUT2D eigenvalue weighted by Crippen LogP contribution is -2.28. The highest BCUT2D eigenvalue weighted by atomic mass is 16.6. The van der Waals surface area contributed by atoms with Gasteiger partial charge in [-0.3, -0.25) is 4.79 Å². The van der Waals surface area contributed by atoms with Gasteiger partial charge in [-0.15, -0.1) is 0 Å². The molecule has 0 aliphatic carbocycles. The van der Waals surface area contributed by atoms with Crippen molar-refractivity contribution in [3.8, 4) is 28.7 Å². The van der Waals surface area contributed by atoms with Crippen molar-refractivity contribution >= 4 is 11.9 Å². The molecule has 0 radical (unpaired) electrons. The Hall–Kier alpha value is -3.62. The Morgan fingerprint density at radius 1 is 0.900 bits per heavy atom. The van der Waals surface area contributed by atoms with Crippen LogP contribution in [0.2, 0.25) is 0 Å². The van der Waals surface area contributed by atoms with E-state index in [0.29, 0.717) is 47.5 Å². The molecule has 0 bridgehead atoms. The second-order valence-corrected chi connectivity index (χ2v) is 6.23. The summed E-state index contributed by atoms with van der Waals surface area (Å²) in [5.41, 5.74) is 0.954. The van der Waals surface area contributed by atoms with E-state index in [-0.39, 0.29) is 12.1 Å². The fourth-order valence-corrected chi connectivity index (χ4v) is 2.86. The van der Waals surface area contributed by atoms with Crippen LogP contribution >= 0.6 is 0 Å². The molecule has 0 saturated heterocycles. The van der Waals surface area contributed by atoms with Gasteiger partial charge in [-0.1, -0.05) is 0 Å². The summed E-state index contributed by atoms with van der Waals surface area (Å²) in [7, 11) is 4.56. The van der Waals surface area contributed by atoms with Crippen molar-refractivity contribution in [2.75, 3.05) is 41.2 Å². The van der Waals surface area contributed by atoms with Crippen LogP contribution in [0, 0.1) is 0 Å². The van der Waals surface area contributed by atoms with E-state index in [0.717, 1.165) is 0 Å². The summed E-state index contributed by atoms with van der Waals surface area (Å²) in [5, 5.41) is 2.68. The molecule has 1 aliphatic heterocycles. The number of methoxy groups -OCH3 is 3. The smallest absolute Gasteiger partial charge is 0.338 e. The van der Waals surface area contributed by atoms with Crippen LogP contribution in [0.1, 0.15) is 15.9 Å². The van der Waals surface area contributed by atoms with Gasteiger partial charge in [0.05, 0.1) is 26.9 Å². The third kappa shape index (κ3) is 4.86. The van der Waals surface area contributed by atoms with Crippen LogP contribution in [0.15, 0.2) is 30.3 Å². The lowest BCUT2D eigenvalue weighted by molar-refractivity contribution is -0.124. The Bertz CT molecular complexity index is 927. The van der Waals surface area contributed by atoms with Crippen LogP contribution in [-0.2, 0) is 16.1 Å². The van der Waals surface area contributed by atoms with Crippen LogP contribution in [0.3, 0.4) is 0 Å². The SMILES string of the molecule is COc1cc(OC)c(OC)cc1CNC(=O)COC(=O)c1ccc2c(c1)OCCO2. The van der Waals surface area contributed by atoms with Crippen molar-refractivity contribution in [2.45, 2.75) is 6.54 Å². The maximum absolute atomic E-state index is 12.2. The van der Waals surface area contributed by atoms with Gasteiger partial charge in [0.1, 0.15) is 19.0 Å². The van der Waals surface area contributed by atoms with Crippen molar-refractivity contribution in [1.82, 2.24) is 5.32 Å². The molecule has 1 N–H and O–H groups in total. The average molecular weight is 417 g/mol. The van der Waals surface area contributed by atoms with Gasteiger partial charge in [-0.05, 0) is 24.3 Å². The molecule has 0 aromatic heterocycles. The quantitative estimate of drug-likeness (QED) is 0.651. The molecule has 2 aromatic carbocycles. The summed E-state index contributed by atoms with van der Waals surface area (Å²) in [4.78, 5) is 24.3. The first kappa shape index (κ1) is 21.1. The number of hydrogen-bond acceptors (Lipinski definition) is 8. The van der Waals surface area contributed by atoms with Crippen LogP contribution in [0.25, 0.3) is 0 Å². The highest BCUT2D eigenvalue weighted by Crippen LogP contribution is 2.34. The molecule has 3 rings (SSSR count). The number of carbonyl (C=O) groups is 2. The summed E-state index contributed by atoms with van der Waals surface area (Å²) in [6.07, 6.45) is 0. The van der Waals surface area contributed by atoms with Gasteiger partial charge in [-0.2, -0.15) is 0 Å². The van der Waals surface area contributed by atoms with E-state index in [1.165, 1.54) is 27.4 Å². The highest BCUT2D eigenvalue weighted by Gasteiger charge is 2.17. The minimum Gasteiger partial charge on any atom is -0.496 e. The summed E-state index contributed by atoms with van der Waals surface area (Å²) in [6, 6.07) is 8.10. The molecule has 0 unspecified atom stereocenters. The third-order valence-electron chi connectivity index (χ3n) is 4.37. The van der Waals surface area contributed by atoms with Crippen LogP contribution in [-0.4, -0.2) is 53.0 Å². The van der Waals surface area contributed by atoms with E-state index in [1.807, 2.05) is 0 Å². The lowest BCUT2D eigenvalue weighted by atomic mass is 10.1. The Morgan fingerprint density at radius 3 is 2.27 bits per heavy atom. The minimum absolute atomic E-state index is 0.157. The van der Waals surface area contributed by atoms with Gasteiger partial charge in [0.15, 0.2) is 29.6 Å². The molecular weight excluding hydrogens is 394 g/mol. The Morgan fingerprint density at radius 2 is 1.57 bits per heavy atom. The van der Waals surface area contributed by atoms with Gasteiger partial charge in [-0.25, -0.2) is 4.79 Å². The zero-order valence-electron chi connectivity index (χ0n) is 17.0. The predicted octanol–water partition coefficient (Wildman–Crippen LogP) is 1.96. The van der Waals surface area contributed by atoms with E-state index < -0.39 is 18.5 Å². The molecule has 160 valence electrons. The lowest BCUT2D eigenvalue weighted by Gasteiger charge is -2.18. The zero-order valence-corrected chi connectivity index (χ0v) is 17.0. The number of benzene rings is 2. The predicted molar refractivity (Wildman–Crippen MR) is 106 cm³/mol. The number of hydrogen-bond donors (Lipinski definition) is 1. The van der Waals surface area contributed by atoms with Crippen LogP contribution in [0.4, 0.5) is 0 Å². The number of esters is 1. The van der Waals surface area contributed by atoms with Gasteiger partial charge < -0.3 is 33.7 Å². The number of fused-ring (bicyclic) bond motifs is 1. The molecule has 0 spiro atoms. The third-order valence-corrected chi connectivity index (χ3v) is 4.37. The zero-order chi connectivity index (χ0) is 21.5. The summed E-state index contributed by atoms with van der Waals surface area (Å²) < 4.78 is 31.8. The normalized spacial score (nSPS) is 12.0. The molecule has 30 heavy (non-hydrogen) atoms. The molecule has 2 aromatic rings. The molecule has 1 aliphatic rings. The van der Waals surface area contributed by atoms with Crippen molar-refractivity contribution in [2.24, 2.45) is 0 Å². The van der Waals surface area contributed by atoms with Gasteiger partial charge >= 0.3 is 5.97 Å². The molecule has 0 atom stereocenters. The monoisotopic (exact) mass is 417 g/mol. The highest BCUT2D eigenvalue weighted by molar-refractivity contribution is 5.92. The molecular formula is C21H23NO8. The summed E-state index contributed by atoms with van der Waals surface area (Å²) >= 11 is 0. The summed E-state index contributed by atoms with van der Waals surface area (Å²) in [5.74, 6) is 1.50. The minimum atomic E-state index is -0.633. The second kappa shape index (κ2) is 9.73. The first-order valence-corrected chi connectivity index (χ1v) is 9.18. The van der Waals surface area contributed by atoms with Gasteiger partial charge in [0, 0.05) is 18.2 Å². The molecule has 1 amide bonds. The Kier molecular flexibility index (Phi) is 6.84. The van der Waals surface area contributed by atoms with Crippen molar-refractivity contribution in [1.29, 1.82) is 0 Å². The van der Waals surface area contributed by atoms with Crippen LogP contribution in [0.5, 0.6) is 28.7 Å². The van der Waals surface area contributed by atoms with E-state index >= 15 is 0 Å².